The van der Waals surface area contributed by atoms with E-state index in [-0.39, 0.29) is 5.97 Å². The maximum absolute atomic E-state index is 11.2. The Kier molecular flexibility index (Phi) is 8.79. The molecule has 0 N–H and O–H groups in total. The van der Waals surface area contributed by atoms with E-state index in [0.29, 0.717) is 12.5 Å². The van der Waals surface area contributed by atoms with Crippen LogP contribution in [0.3, 0.4) is 0 Å². The summed E-state index contributed by atoms with van der Waals surface area (Å²) in [5.41, 5.74) is 0. The molecule has 0 aromatic rings. The van der Waals surface area contributed by atoms with Gasteiger partial charge < -0.3 is 19.1 Å². The average molecular weight is 273 g/mol. The van der Waals surface area contributed by atoms with Crippen molar-refractivity contribution in [2.75, 3.05) is 46.6 Å². The largest absolute Gasteiger partial charge is 0.469 e. The molecule has 1 atom stereocenters. The van der Waals surface area contributed by atoms with Gasteiger partial charge in [0.15, 0.2) is 0 Å². The number of carbonyl (C=O) groups excluding carboxylic acids is 1. The first-order valence-electron chi connectivity index (χ1n) is 7.24. The number of hydrogen-bond acceptors (Lipinski definition) is 5. The Bertz CT molecular complexity index is 242. The van der Waals surface area contributed by atoms with Crippen LogP contribution in [0.4, 0.5) is 0 Å². The first-order valence-corrected chi connectivity index (χ1v) is 7.24. The summed E-state index contributed by atoms with van der Waals surface area (Å²) >= 11 is 0. The zero-order valence-electron chi connectivity index (χ0n) is 12.2. The van der Waals surface area contributed by atoms with Crippen LogP contribution in [-0.2, 0) is 19.0 Å². The molecule has 0 bridgehead atoms. The Hall–Kier alpha value is -0.650. The lowest BCUT2D eigenvalue weighted by molar-refractivity contribution is -0.141. The Labute approximate surface area is 116 Å². The zero-order chi connectivity index (χ0) is 13.9. The summed E-state index contributed by atoms with van der Waals surface area (Å²) in [4.78, 5) is 13.5. The van der Waals surface area contributed by atoms with Crippen LogP contribution in [0.2, 0.25) is 0 Å². The molecule has 19 heavy (non-hydrogen) atoms. The Balaban J connectivity index is 2.26. The molecule has 5 nitrogen and oxygen atoms in total. The molecule has 0 amide bonds. The highest BCUT2D eigenvalue weighted by Crippen LogP contribution is 2.13. The van der Waals surface area contributed by atoms with Crippen molar-refractivity contribution in [3.63, 3.8) is 0 Å². The molecule has 0 aromatic carbocycles. The van der Waals surface area contributed by atoms with Gasteiger partial charge in [0.1, 0.15) is 0 Å². The SMILES string of the molecule is CCOCCCN(CCC(=O)OC)CC1CCCO1. The second kappa shape index (κ2) is 10.2. The fraction of sp³-hybridized carbons (Fsp3) is 0.929. The van der Waals surface area contributed by atoms with E-state index >= 15 is 0 Å². The Morgan fingerprint density at radius 2 is 2.26 bits per heavy atom. The highest BCUT2D eigenvalue weighted by atomic mass is 16.5. The van der Waals surface area contributed by atoms with E-state index in [1.165, 1.54) is 7.11 Å². The minimum absolute atomic E-state index is 0.151. The van der Waals surface area contributed by atoms with Crippen LogP contribution in [0, 0.1) is 0 Å². The Morgan fingerprint density at radius 1 is 1.42 bits per heavy atom. The molecule has 1 unspecified atom stereocenters. The summed E-state index contributed by atoms with van der Waals surface area (Å²) in [6.07, 6.45) is 4.03. The molecule has 1 heterocycles. The van der Waals surface area contributed by atoms with E-state index in [4.69, 9.17) is 14.2 Å². The van der Waals surface area contributed by atoms with Crippen LogP contribution in [-0.4, -0.2) is 63.5 Å². The number of hydrogen-bond donors (Lipinski definition) is 0. The second-order valence-electron chi connectivity index (χ2n) is 4.81. The summed E-state index contributed by atoms with van der Waals surface area (Å²) in [7, 11) is 1.43. The maximum atomic E-state index is 11.2. The van der Waals surface area contributed by atoms with E-state index in [0.717, 1.165) is 58.7 Å². The zero-order valence-corrected chi connectivity index (χ0v) is 12.2. The van der Waals surface area contributed by atoms with E-state index < -0.39 is 0 Å². The maximum Gasteiger partial charge on any atom is 0.306 e. The third-order valence-electron chi connectivity index (χ3n) is 3.31. The predicted molar refractivity (Wildman–Crippen MR) is 73.2 cm³/mol. The lowest BCUT2D eigenvalue weighted by atomic mass is 10.2. The molecule has 1 aliphatic heterocycles. The van der Waals surface area contributed by atoms with Gasteiger partial charge in [-0.15, -0.1) is 0 Å². The van der Waals surface area contributed by atoms with Crippen molar-refractivity contribution in [1.29, 1.82) is 0 Å². The van der Waals surface area contributed by atoms with Crippen molar-refractivity contribution in [1.82, 2.24) is 4.90 Å². The molecule has 5 heteroatoms. The van der Waals surface area contributed by atoms with Crippen LogP contribution in [0.15, 0.2) is 0 Å². The molecule has 112 valence electrons. The highest BCUT2D eigenvalue weighted by Gasteiger charge is 2.19. The standard InChI is InChI=1S/C14H27NO4/c1-3-18-10-5-8-15(9-7-14(16)17-2)12-13-6-4-11-19-13/h13H,3-12H2,1-2H3. The van der Waals surface area contributed by atoms with Crippen molar-refractivity contribution in [3.05, 3.63) is 0 Å². The molecule has 0 aromatic heterocycles. The summed E-state index contributed by atoms with van der Waals surface area (Å²) in [5, 5.41) is 0. The van der Waals surface area contributed by atoms with E-state index in [9.17, 15) is 4.79 Å². The van der Waals surface area contributed by atoms with Crippen molar-refractivity contribution in [2.45, 2.75) is 38.7 Å². The lowest BCUT2D eigenvalue weighted by Gasteiger charge is -2.24. The quantitative estimate of drug-likeness (QED) is 0.445. The van der Waals surface area contributed by atoms with Crippen molar-refractivity contribution in [3.8, 4) is 0 Å². The Morgan fingerprint density at radius 3 is 2.89 bits per heavy atom. The number of rotatable bonds is 10. The van der Waals surface area contributed by atoms with Crippen LogP contribution < -0.4 is 0 Å². The lowest BCUT2D eigenvalue weighted by Crippen LogP contribution is -2.35. The van der Waals surface area contributed by atoms with Crippen molar-refractivity contribution < 1.29 is 19.0 Å². The third-order valence-corrected chi connectivity index (χ3v) is 3.31. The molecule has 0 radical (unpaired) electrons. The van der Waals surface area contributed by atoms with Gasteiger partial charge in [-0.1, -0.05) is 0 Å². The van der Waals surface area contributed by atoms with Gasteiger partial charge in [0.2, 0.25) is 0 Å². The number of ether oxygens (including phenoxy) is 3. The first kappa shape index (κ1) is 16.4. The van der Waals surface area contributed by atoms with E-state index in [2.05, 4.69) is 4.90 Å². The van der Waals surface area contributed by atoms with E-state index in [1.54, 1.807) is 0 Å². The molecule has 1 aliphatic rings. The minimum atomic E-state index is -0.151. The van der Waals surface area contributed by atoms with Crippen LogP contribution in [0.1, 0.15) is 32.6 Å². The normalized spacial score (nSPS) is 19.0. The van der Waals surface area contributed by atoms with Gasteiger partial charge in [0.05, 0.1) is 19.6 Å². The van der Waals surface area contributed by atoms with Gasteiger partial charge in [0, 0.05) is 39.5 Å². The smallest absolute Gasteiger partial charge is 0.306 e. The van der Waals surface area contributed by atoms with Gasteiger partial charge in [0.25, 0.3) is 0 Å². The summed E-state index contributed by atoms with van der Waals surface area (Å²) in [6.45, 7) is 6.99. The topological polar surface area (TPSA) is 48.0 Å². The fourth-order valence-corrected chi connectivity index (χ4v) is 2.26. The van der Waals surface area contributed by atoms with Gasteiger partial charge >= 0.3 is 5.97 Å². The molecular formula is C14H27NO4. The second-order valence-corrected chi connectivity index (χ2v) is 4.81. The highest BCUT2D eigenvalue weighted by molar-refractivity contribution is 5.69. The van der Waals surface area contributed by atoms with Gasteiger partial charge in [-0.05, 0) is 26.2 Å². The monoisotopic (exact) mass is 273 g/mol. The molecule has 0 saturated carbocycles. The average Bonchev–Trinajstić information content (AvgIpc) is 2.93. The predicted octanol–water partition coefficient (Wildman–Crippen LogP) is 1.46. The number of methoxy groups -OCH3 is 1. The minimum Gasteiger partial charge on any atom is -0.469 e. The summed E-state index contributed by atoms with van der Waals surface area (Å²) in [6, 6.07) is 0. The molecule has 0 aliphatic carbocycles. The van der Waals surface area contributed by atoms with E-state index in [1.807, 2.05) is 6.92 Å². The van der Waals surface area contributed by atoms with Crippen molar-refractivity contribution >= 4 is 5.97 Å². The van der Waals surface area contributed by atoms with Gasteiger partial charge in [-0.3, -0.25) is 4.79 Å². The van der Waals surface area contributed by atoms with Gasteiger partial charge in [-0.2, -0.15) is 0 Å². The number of nitrogens with zero attached hydrogens (tertiary/aromatic N) is 1. The molecule has 1 rings (SSSR count). The van der Waals surface area contributed by atoms with Crippen molar-refractivity contribution in [2.24, 2.45) is 0 Å². The van der Waals surface area contributed by atoms with Crippen LogP contribution >= 0.6 is 0 Å². The number of esters is 1. The molecule has 1 fully saturated rings. The first-order chi connectivity index (χ1) is 9.26. The molecular weight excluding hydrogens is 246 g/mol. The third kappa shape index (κ3) is 7.50. The summed E-state index contributed by atoms with van der Waals surface area (Å²) < 4.78 is 15.7. The molecule has 1 saturated heterocycles. The van der Waals surface area contributed by atoms with Crippen LogP contribution in [0.5, 0.6) is 0 Å². The van der Waals surface area contributed by atoms with Gasteiger partial charge in [-0.25, -0.2) is 0 Å². The molecule has 0 spiro atoms. The summed E-state index contributed by atoms with van der Waals surface area (Å²) in [5.74, 6) is -0.151. The van der Waals surface area contributed by atoms with Crippen LogP contribution in [0.25, 0.3) is 0 Å². The fourth-order valence-electron chi connectivity index (χ4n) is 2.26. The number of carbonyl (C=O) groups is 1.